The zero-order chi connectivity index (χ0) is 25.1. The molecule has 0 aliphatic heterocycles. The number of aromatic amines is 1. The largest absolute Gasteiger partial charge is 0.489 e. The molecule has 0 bridgehead atoms. The van der Waals surface area contributed by atoms with Gasteiger partial charge in [-0.25, -0.2) is 14.6 Å². The second-order valence-electron chi connectivity index (χ2n) is 7.66. The zero-order valence-electron chi connectivity index (χ0n) is 19.6. The summed E-state index contributed by atoms with van der Waals surface area (Å²) in [5.74, 6) is 0.358. The standard InChI is InChI=1S/C24H23N3O7S/c1-5-31-24(30)20-12(2)19-21(28)25-18(26-22(19)35-20)11-33-23(29)15-6-8-16(9-7-15)32-10-17-13(3)27-34-14(17)4/h6-9H,5,10-11H2,1-4H3,(H,25,26,28). The van der Waals surface area contributed by atoms with Gasteiger partial charge in [0.1, 0.15) is 40.3 Å². The highest BCUT2D eigenvalue weighted by Crippen LogP contribution is 2.27. The summed E-state index contributed by atoms with van der Waals surface area (Å²) < 4.78 is 21.2. The average Bonchev–Trinajstić information content (AvgIpc) is 3.35. The maximum atomic E-state index is 12.5. The molecule has 0 unspecified atom stereocenters. The lowest BCUT2D eigenvalue weighted by atomic mass is 10.2. The first-order valence-corrected chi connectivity index (χ1v) is 11.6. The third kappa shape index (κ3) is 5.09. The van der Waals surface area contributed by atoms with Crippen LogP contribution in [0.5, 0.6) is 5.75 Å². The van der Waals surface area contributed by atoms with E-state index >= 15 is 0 Å². The SMILES string of the molecule is CCOC(=O)c1sc2nc(COC(=O)c3ccc(OCc4c(C)noc4C)cc3)[nH]c(=O)c2c1C. The minimum absolute atomic E-state index is 0.173. The van der Waals surface area contributed by atoms with E-state index in [1.165, 1.54) is 0 Å². The van der Waals surface area contributed by atoms with Gasteiger partial charge in [-0.2, -0.15) is 0 Å². The van der Waals surface area contributed by atoms with Crippen LogP contribution < -0.4 is 10.3 Å². The fraction of sp³-hybridized carbons (Fsp3) is 0.292. The van der Waals surface area contributed by atoms with E-state index in [2.05, 4.69) is 15.1 Å². The van der Waals surface area contributed by atoms with Crippen LogP contribution in [0.3, 0.4) is 0 Å². The van der Waals surface area contributed by atoms with Gasteiger partial charge < -0.3 is 23.7 Å². The lowest BCUT2D eigenvalue weighted by Gasteiger charge is -2.07. The van der Waals surface area contributed by atoms with E-state index in [0.717, 1.165) is 22.6 Å². The molecule has 0 spiro atoms. The number of hydrogen-bond donors (Lipinski definition) is 1. The minimum atomic E-state index is -0.584. The van der Waals surface area contributed by atoms with Crippen molar-refractivity contribution in [1.82, 2.24) is 15.1 Å². The van der Waals surface area contributed by atoms with Crippen molar-refractivity contribution in [2.45, 2.75) is 40.9 Å². The van der Waals surface area contributed by atoms with Gasteiger partial charge in [-0.15, -0.1) is 11.3 Å². The molecule has 35 heavy (non-hydrogen) atoms. The van der Waals surface area contributed by atoms with Crippen LogP contribution in [0.4, 0.5) is 0 Å². The van der Waals surface area contributed by atoms with E-state index in [4.69, 9.17) is 18.7 Å². The van der Waals surface area contributed by atoms with Gasteiger partial charge in [-0.1, -0.05) is 5.16 Å². The summed E-state index contributed by atoms with van der Waals surface area (Å²) >= 11 is 1.07. The van der Waals surface area contributed by atoms with Crippen LogP contribution in [0.15, 0.2) is 33.6 Å². The van der Waals surface area contributed by atoms with Gasteiger partial charge in [-0.05, 0) is 57.5 Å². The number of fused-ring (bicyclic) bond motifs is 1. The number of benzene rings is 1. The first-order valence-electron chi connectivity index (χ1n) is 10.8. The molecule has 3 aromatic heterocycles. The molecule has 0 aliphatic rings. The summed E-state index contributed by atoms with van der Waals surface area (Å²) in [6.07, 6.45) is 0. The molecule has 0 aliphatic carbocycles. The molecule has 0 atom stereocenters. The van der Waals surface area contributed by atoms with Crippen molar-refractivity contribution in [3.63, 3.8) is 0 Å². The summed E-state index contributed by atoms with van der Waals surface area (Å²) in [7, 11) is 0. The molecular formula is C24H23N3O7S. The number of carbonyl (C=O) groups excluding carboxylic acids is 2. The lowest BCUT2D eigenvalue weighted by Crippen LogP contribution is -2.14. The Morgan fingerprint density at radius 1 is 1.06 bits per heavy atom. The molecule has 0 amide bonds. The van der Waals surface area contributed by atoms with E-state index in [1.54, 1.807) is 38.1 Å². The van der Waals surface area contributed by atoms with Crippen molar-refractivity contribution in [2.24, 2.45) is 0 Å². The molecule has 0 radical (unpaired) electrons. The second-order valence-corrected chi connectivity index (χ2v) is 8.66. The van der Waals surface area contributed by atoms with E-state index in [-0.39, 0.29) is 19.0 Å². The molecule has 0 fully saturated rings. The summed E-state index contributed by atoms with van der Waals surface area (Å²) in [5, 5.41) is 4.21. The molecule has 1 N–H and O–H groups in total. The molecule has 1 aromatic carbocycles. The van der Waals surface area contributed by atoms with Crippen molar-refractivity contribution in [2.75, 3.05) is 6.61 Å². The maximum absolute atomic E-state index is 12.5. The van der Waals surface area contributed by atoms with Crippen LogP contribution in [0, 0.1) is 20.8 Å². The highest BCUT2D eigenvalue weighted by Gasteiger charge is 2.20. The Bertz CT molecular complexity index is 1430. The first-order chi connectivity index (χ1) is 16.8. The molecule has 10 nitrogen and oxygen atoms in total. The second kappa shape index (κ2) is 10.1. The van der Waals surface area contributed by atoms with Gasteiger partial charge in [0.15, 0.2) is 0 Å². The monoisotopic (exact) mass is 497 g/mol. The van der Waals surface area contributed by atoms with Crippen LogP contribution in [0.25, 0.3) is 10.2 Å². The summed E-state index contributed by atoms with van der Waals surface area (Å²) in [5.41, 5.74) is 2.06. The molecule has 0 saturated heterocycles. The van der Waals surface area contributed by atoms with Crippen molar-refractivity contribution in [3.05, 3.63) is 73.5 Å². The van der Waals surface area contributed by atoms with Crippen molar-refractivity contribution in [3.8, 4) is 5.75 Å². The van der Waals surface area contributed by atoms with Gasteiger partial charge in [0.2, 0.25) is 0 Å². The van der Waals surface area contributed by atoms with E-state index < -0.39 is 17.5 Å². The average molecular weight is 498 g/mol. The molecule has 4 rings (SSSR count). The normalized spacial score (nSPS) is 11.0. The fourth-order valence-corrected chi connectivity index (χ4v) is 4.51. The molecule has 3 heterocycles. The zero-order valence-corrected chi connectivity index (χ0v) is 20.4. The Kier molecular flexibility index (Phi) is 6.97. The van der Waals surface area contributed by atoms with Gasteiger partial charge in [-0.3, -0.25) is 4.79 Å². The Hall–Kier alpha value is -3.99. The number of thiophene rings is 1. The number of H-pyrrole nitrogens is 1. The number of hydrogen-bond acceptors (Lipinski definition) is 10. The van der Waals surface area contributed by atoms with Crippen molar-refractivity contribution < 1.29 is 28.3 Å². The fourth-order valence-electron chi connectivity index (χ4n) is 3.42. The van der Waals surface area contributed by atoms with Gasteiger partial charge in [0, 0.05) is 0 Å². The van der Waals surface area contributed by atoms with Crippen LogP contribution >= 0.6 is 11.3 Å². The molecule has 182 valence electrons. The molecule has 0 saturated carbocycles. The predicted octanol–water partition coefficient (Wildman–Crippen LogP) is 4.01. The molecule has 11 heteroatoms. The van der Waals surface area contributed by atoms with Gasteiger partial charge in [0.25, 0.3) is 5.56 Å². The summed E-state index contributed by atoms with van der Waals surface area (Å²) in [6.45, 7) is 7.32. The number of aromatic nitrogens is 3. The number of rotatable bonds is 8. The quantitative estimate of drug-likeness (QED) is 0.358. The van der Waals surface area contributed by atoms with E-state index in [1.807, 2.05) is 13.8 Å². The Morgan fingerprint density at radius 2 is 1.80 bits per heavy atom. The van der Waals surface area contributed by atoms with Gasteiger partial charge >= 0.3 is 11.9 Å². The number of esters is 2. The lowest BCUT2D eigenvalue weighted by molar-refractivity contribution is 0.0461. The van der Waals surface area contributed by atoms with Crippen molar-refractivity contribution in [1.29, 1.82) is 0 Å². The van der Waals surface area contributed by atoms with Crippen LogP contribution in [0.2, 0.25) is 0 Å². The number of nitrogens with zero attached hydrogens (tertiary/aromatic N) is 2. The van der Waals surface area contributed by atoms with Crippen LogP contribution in [-0.4, -0.2) is 33.7 Å². The molecular weight excluding hydrogens is 474 g/mol. The Balaban J connectivity index is 1.41. The number of carbonyl (C=O) groups is 2. The predicted molar refractivity (Wildman–Crippen MR) is 127 cm³/mol. The summed E-state index contributed by atoms with van der Waals surface area (Å²) in [6, 6.07) is 6.48. The summed E-state index contributed by atoms with van der Waals surface area (Å²) in [4.78, 5) is 44.8. The third-order valence-electron chi connectivity index (χ3n) is 5.30. The first kappa shape index (κ1) is 24.1. The van der Waals surface area contributed by atoms with Crippen molar-refractivity contribution >= 4 is 33.5 Å². The number of aryl methyl sites for hydroxylation is 3. The highest BCUT2D eigenvalue weighted by molar-refractivity contribution is 7.20. The van der Waals surface area contributed by atoms with Crippen LogP contribution in [0.1, 0.15) is 55.4 Å². The smallest absolute Gasteiger partial charge is 0.348 e. The Morgan fingerprint density at radius 3 is 2.46 bits per heavy atom. The van der Waals surface area contributed by atoms with E-state index in [0.29, 0.717) is 44.3 Å². The highest BCUT2D eigenvalue weighted by atomic mass is 32.1. The van der Waals surface area contributed by atoms with Gasteiger partial charge in [0.05, 0.1) is 28.8 Å². The minimum Gasteiger partial charge on any atom is -0.489 e. The Labute approximate surface area is 203 Å². The number of nitrogens with one attached hydrogen (secondary N) is 1. The maximum Gasteiger partial charge on any atom is 0.348 e. The van der Waals surface area contributed by atoms with Crippen LogP contribution in [-0.2, 0) is 22.7 Å². The molecule has 4 aromatic rings. The topological polar surface area (TPSA) is 134 Å². The third-order valence-corrected chi connectivity index (χ3v) is 6.47. The van der Waals surface area contributed by atoms with E-state index in [9.17, 15) is 14.4 Å². The number of ether oxygens (including phenoxy) is 3.